The van der Waals surface area contributed by atoms with E-state index in [1.54, 1.807) is 31.4 Å². The van der Waals surface area contributed by atoms with Crippen molar-refractivity contribution < 1.29 is 14.3 Å². The van der Waals surface area contributed by atoms with Crippen LogP contribution in [0, 0.1) is 5.92 Å². The third kappa shape index (κ3) is 5.37. The maximum Gasteiger partial charge on any atom is 0.252 e. The molecule has 0 bridgehead atoms. The number of likely N-dealkylation sites (tertiary alicyclic amines) is 1. The van der Waals surface area contributed by atoms with E-state index in [0.717, 1.165) is 51.1 Å². The van der Waals surface area contributed by atoms with Gasteiger partial charge in [0.05, 0.1) is 7.11 Å². The Morgan fingerprint density at radius 2 is 1.66 bits per heavy atom. The number of methoxy groups -OCH3 is 1. The normalized spacial score (nSPS) is 17.8. The molecular weight excluding hydrogens is 402 g/mol. The van der Waals surface area contributed by atoms with Crippen molar-refractivity contribution in [3.63, 3.8) is 0 Å². The van der Waals surface area contributed by atoms with Gasteiger partial charge in [-0.1, -0.05) is 42.5 Å². The minimum Gasteiger partial charge on any atom is -0.497 e. The fourth-order valence-corrected chi connectivity index (χ4v) is 4.44. The molecule has 2 aromatic carbocycles. The largest absolute Gasteiger partial charge is 0.497 e. The molecule has 168 valence electrons. The summed E-state index contributed by atoms with van der Waals surface area (Å²) in [7, 11) is 1.59. The fourth-order valence-electron chi connectivity index (χ4n) is 4.44. The van der Waals surface area contributed by atoms with Gasteiger partial charge < -0.3 is 15.0 Å². The molecule has 2 aliphatic heterocycles. The first kappa shape index (κ1) is 22.1. The van der Waals surface area contributed by atoms with Crippen LogP contribution in [0.4, 0.5) is 0 Å². The number of nitrogens with zero attached hydrogens (tertiary/aromatic N) is 2. The number of hydrogen-bond donors (Lipinski definition) is 1. The highest BCUT2D eigenvalue weighted by atomic mass is 16.5. The van der Waals surface area contributed by atoms with Gasteiger partial charge in [0.25, 0.3) is 5.91 Å². The first-order valence-corrected chi connectivity index (χ1v) is 11.3. The van der Waals surface area contributed by atoms with E-state index in [1.807, 2.05) is 35.2 Å². The Balaban J connectivity index is 1.42. The van der Waals surface area contributed by atoms with Gasteiger partial charge in [0.15, 0.2) is 0 Å². The van der Waals surface area contributed by atoms with Gasteiger partial charge in [-0.2, -0.15) is 0 Å². The van der Waals surface area contributed by atoms with Crippen LogP contribution in [-0.4, -0.2) is 61.4 Å². The summed E-state index contributed by atoms with van der Waals surface area (Å²) in [6.45, 7) is 4.61. The molecule has 4 rings (SSSR count). The molecule has 0 unspecified atom stereocenters. The smallest absolute Gasteiger partial charge is 0.252 e. The van der Waals surface area contributed by atoms with Crippen LogP contribution in [0.1, 0.15) is 34.8 Å². The Kier molecular flexibility index (Phi) is 7.22. The van der Waals surface area contributed by atoms with Gasteiger partial charge in [-0.25, -0.2) is 0 Å². The molecule has 6 heteroatoms. The quantitative estimate of drug-likeness (QED) is 0.681. The average Bonchev–Trinajstić information content (AvgIpc) is 3.36. The molecule has 0 aromatic heterocycles. The van der Waals surface area contributed by atoms with E-state index in [4.69, 9.17) is 4.74 Å². The second-order valence-electron chi connectivity index (χ2n) is 8.50. The average molecular weight is 434 g/mol. The SMILES string of the molecule is COc1ccc(C(=O)N[C@@H](C(=O)N2CCC(CN3CC=CC3)CC2)c2ccccc2)cc1. The number of ether oxygens (including phenoxy) is 1. The number of carbonyl (C=O) groups excluding carboxylic acids is 2. The summed E-state index contributed by atoms with van der Waals surface area (Å²) in [5.41, 5.74) is 1.29. The third-order valence-corrected chi connectivity index (χ3v) is 6.34. The van der Waals surface area contributed by atoms with Gasteiger partial charge in [-0.15, -0.1) is 0 Å². The number of rotatable bonds is 7. The summed E-state index contributed by atoms with van der Waals surface area (Å²) in [5.74, 6) is 0.985. The highest BCUT2D eigenvalue weighted by Crippen LogP contribution is 2.24. The molecule has 0 aliphatic carbocycles. The summed E-state index contributed by atoms with van der Waals surface area (Å²) in [6, 6.07) is 15.7. The molecule has 6 nitrogen and oxygen atoms in total. The van der Waals surface area contributed by atoms with Crippen LogP contribution in [0.15, 0.2) is 66.7 Å². The number of piperidine rings is 1. The molecule has 1 N–H and O–H groups in total. The summed E-state index contributed by atoms with van der Waals surface area (Å²) in [4.78, 5) is 30.8. The van der Waals surface area contributed by atoms with E-state index in [0.29, 0.717) is 17.2 Å². The summed E-state index contributed by atoms with van der Waals surface area (Å²) in [6.07, 6.45) is 6.43. The van der Waals surface area contributed by atoms with Crippen molar-refractivity contribution in [3.05, 3.63) is 77.9 Å². The topological polar surface area (TPSA) is 61.9 Å². The van der Waals surface area contributed by atoms with Crippen LogP contribution in [0.2, 0.25) is 0 Å². The summed E-state index contributed by atoms with van der Waals surface area (Å²) >= 11 is 0. The van der Waals surface area contributed by atoms with Gasteiger partial charge in [0, 0.05) is 38.3 Å². The van der Waals surface area contributed by atoms with Crippen molar-refractivity contribution in [1.82, 2.24) is 15.1 Å². The van der Waals surface area contributed by atoms with E-state index in [9.17, 15) is 9.59 Å². The van der Waals surface area contributed by atoms with Gasteiger partial charge in [0.2, 0.25) is 5.91 Å². The predicted molar refractivity (Wildman–Crippen MR) is 125 cm³/mol. The van der Waals surface area contributed by atoms with Crippen LogP contribution >= 0.6 is 0 Å². The van der Waals surface area contributed by atoms with Crippen LogP contribution < -0.4 is 10.1 Å². The van der Waals surface area contributed by atoms with Gasteiger partial charge in [-0.3, -0.25) is 14.5 Å². The van der Waals surface area contributed by atoms with E-state index in [2.05, 4.69) is 22.4 Å². The number of hydrogen-bond acceptors (Lipinski definition) is 4. The lowest BCUT2D eigenvalue weighted by Gasteiger charge is -2.36. The lowest BCUT2D eigenvalue weighted by atomic mass is 9.95. The monoisotopic (exact) mass is 433 g/mol. The molecule has 0 spiro atoms. The van der Waals surface area contributed by atoms with Gasteiger partial charge >= 0.3 is 0 Å². The highest BCUT2D eigenvalue weighted by Gasteiger charge is 2.31. The zero-order chi connectivity index (χ0) is 22.3. The second kappa shape index (κ2) is 10.5. The molecule has 1 fully saturated rings. The summed E-state index contributed by atoms with van der Waals surface area (Å²) < 4.78 is 5.17. The van der Waals surface area contributed by atoms with E-state index >= 15 is 0 Å². The number of benzene rings is 2. The molecule has 2 heterocycles. The number of nitrogens with one attached hydrogen (secondary N) is 1. The third-order valence-electron chi connectivity index (χ3n) is 6.34. The highest BCUT2D eigenvalue weighted by molar-refractivity contribution is 5.98. The molecule has 0 saturated carbocycles. The van der Waals surface area contributed by atoms with Crippen molar-refractivity contribution in [2.45, 2.75) is 18.9 Å². The molecule has 2 aliphatic rings. The first-order valence-electron chi connectivity index (χ1n) is 11.3. The summed E-state index contributed by atoms with van der Waals surface area (Å²) in [5, 5.41) is 2.97. The standard InChI is InChI=1S/C26H31N3O3/c1-32-23-11-9-22(10-12-23)25(30)27-24(21-7-3-2-4-8-21)26(31)29-17-13-20(14-18-29)19-28-15-5-6-16-28/h2-12,20,24H,13-19H2,1H3,(H,27,30)/t24-/m1/s1. The Morgan fingerprint density at radius 3 is 2.28 bits per heavy atom. The molecular formula is C26H31N3O3. The minimum atomic E-state index is -0.704. The van der Waals surface area contributed by atoms with E-state index in [1.165, 1.54) is 0 Å². The first-order chi connectivity index (χ1) is 15.6. The minimum absolute atomic E-state index is 0.0423. The van der Waals surface area contributed by atoms with Crippen molar-refractivity contribution in [2.24, 2.45) is 5.92 Å². The molecule has 2 amide bonds. The van der Waals surface area contributed by atoms with Gasteiger partial charge in [0.1, 0.15) is 11.8 Å². The van der Waals surface area contributed by atoms with Crippen molar-refractivity contribution in [1.29, 1.82) is 0 Å². The molecule has 32 heavy (non-hydrogen) atoms. The zero-order valence-electron chi connectivity index (χ0n) is 18.6. The van der Waals surface area contributed by atoms with E-state index in [-0.39, 0.29) is 11.8 Å². The van der Waals surface area contributed by atoms with Crippen LogP contribution in [0.5, 0.6) is 5.75 Å². The van der Waals surface area contributed by atoms with E-state index < -0.39 is 6.04 Å². The maximum atomic E-state index is 13.5. The number of amides is 2. The lowest BCUT2D eigenvalue weighted by molar-refractivity contribution is -0.134. The Labute approximate surface area is 189 Å². The Morgan fingerprint density at radius 1 is 1.00 bits per heavy atom. The fraction of sp³-hybridized carbons (Fsp3) is 0.385. The molecule has 1 saturated heterocycles. The van der Waals surface area contributed by atoms with Gasteiger partial charge in [-0.05, 0) is 48.6 Å². The van der Waals surface area contributed by atoms with Crippen molar-refractivity contribution in [2.75, 3.05) is 39.8 Å². The van der Waals surface area contributed by atoms with Crippen LogP contribution in [0.3, 0.4) is 0 Å². The molecule has 0 radical (unpaired) electrons. The molecule has 1 atom stereocenters. The zero-order valence-corrected chi connectivity index (χ0v) is 18.6. The molecule has 2 aromatic rings. The lowest BCUT2D eigenvalue weighted by Crippen LogP contribution is -2.47. The maximum absolute atomic E-state index is 13.5. The predicted octanol–water partition coefficient (Wildman–Crippen LogP) is 3.28. The van der Waals surface area contributed by atoms with Crippen LogP contribution in [-0.2, 0) is 4.79 Å². The number of carbonyl (C=O) groups is 2. The van der Waals surface area contributed by atoms with Crippen LogP contribution in [0.25, 0.3) is 0 Å². The Hall–Kier alpha value is -3.12. The Bertz CT molecular complexity index is 927. The van der Waals surface area contributed by atoms with Crippen molar-refractivity contribution >= 4 is 11.8 Å². The second-order valence-corrected chi connectivity index (χ2v) is 8.50. The van der Waals surface area contributed by atoms with Crippen molar-refractivity contribution in [3.8, 4) is 5.75 Å².